The third kappa shape index (κ3) is 2.66. The van der Waals surface area contributed by atoms with E-state index < -0.39 is 16.1 Å². The molecule has 0 aliphatic carbocycles. The molecule has 1 atom stereocenters. The van der Waals surface area contributed by atoms with Crippen molar-refractivity contribution in [3.8, 4) is 0 Å². The van der Waals surface area contributed by atoms with Crippen LogP contribution in [0.15, 0.2) is 29.2 Å². The molecule has 98 valence electrons. The Morgan fingerprint density at radius 2 is 2.06 bits per heavy atom. The number of amides is 1. The smallest absolute Gasteiger partial charge is 0.242 e. The van der Waals surface area contributed by atoms with Crippen LogP contribution in [-0.2, 0) is 14.8 Å². The molecule has 1 fully saturated rings. The molecule has 1 saturated heterocycles. The quantitative estimate of drug-likeness (QED) is 0.897. The fourth-order valence-corrected chi connectivity index (χ4v) is 3.63. The van der Waals surface area contributed by atoms with Crippen LogP contribution in [0, 0.1) is 0 Å². The molecular weight excluding hydrogens is 276 g/mol. The van der Waals surface area contributed by atoms with Crippen LogP contribution in [0.5, 0.6) is 0 Å². The fourth-order valence-electron chi connectivity index (χ4n) is 1.89. The minimum absolute atomic E-state index is 0.0358. The molecule has 1 aliphatic heterocycles. The number of likely N-dealkylation sites (tertiary alicyclic amines) is 1. The zero-order valence-corrected chi connectivity index (χ0v) is 11.3. The van der Waals surface area contributed by atoms with Gasteiger partial charge in [-0.05, 0) is 12.1 Å². The van der Waals surface area contributed by atoms with E-state index in [-0.39, 0.29) is 22.2 Å². The van der Waals surface area contributed by atoms with Gasteiger partial charge in [-0.3, -0.25) is 4.79 Å². The highest BCUT2D eigenvalue weighted by atomic mass is 35.5. The Balaban J connectivity index is 2.19. The van der Waals surface area contributed by atoms with Crippen molar-refractivity contribution in [2.45, 2.75) is 17.4 Å². The van der Waals surface area contributed by atoms with Crippen molar-refractivity contribution >= 4 is 27.5 Å². The van der Waals surface area contributed by atoms with E-state index in [0.29, 0.717) is 6.54 Å². The molecule has 1 aromatic carbocycles. The maximum Gasteiger partial charge on any atom is 0.242 e. The average Bonchev–Trinajstić information content (AvgIpc) is 2.57. The Labute approximate surface area is 111 Å². The van der Waals surface area contributed by atoms with Gasteiger partial charge in [0, 0.05) is 26.1 Å². The van der Waals surface area contributed by atoms with Crippen LogP contribution in [0.1, 0.15) is 6.42 Å². The van der Waals surface area contributed by atoms with Crippen LogP contribution in [0.2, 0.25) is 5.02 Å². The molecule has 2 rings (SSSR count). The van der Waals surface area contributed by atoms with Crippen molar-refractivity contribution in [2.24, 2.45) is 0 Å². The van der Waals surface area contributed by atoms with E-state index in [0.717, 1.165) is 0 Å². The highest BCUT2D eigenvalue weighted by molar-refractivity contribution is 7.89. The number of rotatable bonds is 3. The lowest BCUT2D eigenvalue weighted by molar-refractivity contribution is -0.126. The van der Waals surface area contributed by atoms with E-state index in [9.17, 15) is 13.2 Å². The van der Waals surface area contributed by atoms with Gasteiger partial charge in [0.15, 0.2) is 0 Å². The number of benzene rings is 1. The van der Waals surface area contributed by atoms with Gasteiger partial charge in [0.25, 0.3) is 0 Å². The first-order valence-electron chi connectivity index (χ1n) is 5.41. The third-order valence-corrected chi connectivity index (χ3v) is 4.81. The second kappa shape index (κ2) is 4.87. The monoisotopic (exact) mass is 288 g/mol. The van der Waals surface area contributed by atoms with Crippen molar-refractivity contribution in [1.82, 2.24) is 9.62 Å². The van der Waals surface area contributed by atoms with Crippen LogP contribution in [0.4, 0.5) is 0 Å². The van der Waals surface area contributed by atoms with Crippen LogP contribution < -0.4 is 4.72 Å². The zero-order chi connectivity index (χ0) is 13.3. The van der Waals surface area contributed by atoms with Gasteiger partial charge in [-0.25, -0.2) is 13.1 Å². The maximum absolute atomic E-state index is 12.1. The number of hydrogen-bond donors (Lipinski definition) is 1. The molecule has 0 radical (unpaired) electrons. The fraction of sp³-hybridized carbons (Fsp3) is 0.364. The SMILES string of the molecule is CN1CC(NS(=O)(=O)c2ccccc2Cl)CC1=O. The van der Waals surface area contributed by atoms with Crippen LogP contribution >= 0.6 is 11.6 Å². The molecule has 1 amide bonds. The van der Waals surface area contributed by atoms with Crippen LogP contribution in [0.3, 0.4) is 0 Å². The van der Waals surface area contributed by atoms with Crippen LogP contribution in [-0.4, -0.2) is 38.9 Å². The lowest BCUT2D eigenvalue weighted by Gasteiger charge is -2.13. The molecule has 7 heteroatoms. The first-order chi connectivity index (χ1) is 8.40. The van der Waals surface area contributed by atoms with Gasteiger partial charge < -0.3 is 4.90 Å². The average molecular weight is 289 g/mol. The minimum atomic E-state index is -3.68. The minimum Gasteiger partial charge on any atom is -0.344 e. The number of carbonyl (C=O) groups is 1. The predicted octanol–water partition coefficient (Wildman–Crippen LogP) is 0.849. The van der Waals surface area contributed by atoms with E-state index in [4.69, 9.17) is 11.6 Å². The van der Waals surface area contributed by atoms with Crippen molar-refractivity contribution in [1.29, 1.82) is 0 Å². The topological polar surface area (TPSA) is 66.5 Å². The van der Waals surface area contributed by atoms with Gasteiger partial charge >= 0.3 is 0 Å². The summed E-state index contributed by atoms with van der Waals surface area (Å²) in [4.78, 5) is 12.9. The van der Waals surface area contributed by atoms with Crippen molar-refractivity contribution < 1.29 is 13.2 Å². The van der Waals surface area contributed by atoms with E-state index in [1.165, 1.54) is 17.0 Å². The Bertz CT molecular complexity index is 573. The Morgan fingerprint density at radius 1 is 1.39 bits per heavy atom. The summed E-state index contributed by atoms with van der Waals surface area (Å²) in [6, 6.07) is 5.82. The highest BCUT2D eigenvalue weighted by Gasteiger charge is 2.31. The summed E-state index contributed by atoms with van der Waals surface area (Å²) in [5, 5.41) is 0.169. The van der Waals surface area contributed by atoms with E-state index >= 15 is 0 Å². The number of carbonyl (C=O) groups excluding carboxylic acids is 1. The molecule has 1 aliphatic rings. The van der Waals surface area contributed by atoms with Crippen LogP contribution in [0.25, 0.3) is 0 Å². The molecule has 0 spiro atoms. The second-order valence-electron chi connectivity index (χ2n) is 4.23. The number of nitrogens with zero attached hydrogens (tertiary/aromatic N) is 1. The Kier molecular flexibility index (Phi) is 3.61. The molecule has 0 saturated carbocycles. The molecule has 18 heavy (non-hydrogen) atoms. The molecule has 1 heterocycles. The number of hydrogen-bond acceptors (Lipinski definition) is 3. The summed E-state index contributed by atoms with van der Waals surface area (Å²) in [5.41, 5.74) is 0. The molecule has 0 aromatic heterocycles. The summed E-state index contributed by atoms with van der Waals surface area (Å²) in [5.74, 6) is -0.0677. The Hall–Kier alpha value is -1.11. The van der Waals surface area contributed by atoms with Crippen molar-refractivity contribution in [3.63, 3.8) is 0 Å². The molecule has 1 N–H and O–H groups in total. The van der Waals surface area contributed by atoms with Gasteiger partial charge in [0.1, 0.15) is 4.90 Å². The maximum atomic E-state index is 12.1. The van der Waals surface area contributed by atoms with E-state index in [1.807, 2.05) is 0 Å². The normalized spacial score (nSPS) is 20.4. The summed E-state index contributed by atoms with van der Waals surface area (Å²) in [7, 11) is -2.04. The summed E-state index contributed by atoms with van der Waals surface area (Å²) in [6.07, 6.45) is 0.181. The molecule has 0 bridgehead atoms. The Morgan fingerprint density at radius 3 is 2.61 bits per heavy atom. The number of sulfonamides is 1. The van der Waals surface area contributed by atoms with Gasteiger partial charge in [0.05, 0.1) is 5.02 Å². The molecular formula is C11H13ClN2O3S. The van der Waals surface area contributed by atoms with Gasteiger partial charge in [-0.15, -0.1) is 0 Å². The lowest BCUT2D eigenvalue weighted by atomic mass is 10.3. The third-order valence-electron chi connectivity index (χ3n) is 2.79. The molecule has 1 aromatic rings. The first-order valence-corrected chi connectivity index (χ1v) is 7.27. The van der Waals surface area contributed by atoms with E-state index in [2.05, 4.69) is 4.72 Å². The standard InChI is InChI=1S/C11H13ClN2O3S/c1-14-7-8(6-11(14)15)13-18(16,17)10-5-3-2-4-9(10)12/h2-5,8,13H,6-7H2,1H3. The lowest BCUT2D eigenvalue weighted by Crippen LogP contribution is -2.36. The van der Waals surface area contributed by atoms with E-state index in [1.54, 1.807) is 19.2 Å². The number of halogens is 1. The number of likely N-dealkylation sites (N-methyl/N-ethyl adjacent to an activating group) is 1. The van der Waals surface area contributed by atoms with Gasteiger partial charge in [0.2, 0.25) is 15.9 Å². The largest absolute Gasteiger partial charge is 0.344 e. The summed E-state index contributed by atoms with van der Waals surface area (Å²) >= 11 is 5.86. The van der Waals surface area contributed by atoms with Gasteiger partial charge in [-0.1, -0.05) is 23.7 Å². The van der Waals surface area contributed by atoms with Crippen molar-refractivity contribution in [2.75, 3.05) is 13.6 Å². The van der Waals surface area contributed by atoms with Crippen molar-refractivity contribution in [3.05, 3.63) is 29.3 Å². The predicted molar refractivity (Wildman–Crippen MR) is 67.8 cm³/mol. The highest BCUT2D eigenvalue weighted by Crippen LogP contribution is 2.21. The molecule has 1 unspecified atom stereocenters. The second-order valence-corrected chi connectivity index (χ2v) is 6.32. The molecule has 5 nitrogen and oxygen atoms in total. The van der Waals surface area contributed by atoms with Gasteiger partial charge in [-0.2, -0.15) is 0 Å². The summed E-state index contributed by atoms with van der Waals surface area (Å²) in [6.45, 7) is 0.377. The zero-order valence-electron chi connectivity index (χ0n) is 9.76. The first kappa shape index (κ1) is 13.3. The summed E-state index contributed by atoms with van der Waals surface area (Å²) < 4.78 is 26.7. The number of nitrogens with one attached hydrogen (secondary N) is 1.